The number of nitrogens with zero attached hydrogens (tertiary/aromatic N) is 1. The van der Waals surface area contributed by atoms with Crippen LogP contribution < -0.4 is 15.4 Å². The number of aliphatic carboxylic acids is 1. The zero-order valence-electron chi connectivity index (χ0n) is 12.8. The molecule has 0 saturated heterocycles. The second-order valence-corrected chi connectivity index (χ2v) is 4.50. The Kier molecular flexibility index (Phi) is 7.72. The average molecular weight is 317 g/mol. The van der Waals surface area contributed by atoms with E-state index in [1.165, 1.54) is 6.20 Å². The third-order valence-electron chi connectivity index (χ3n) is 2.78. The van der Waals surface area contributed by atoms with Crippen LogP contribution in [0.5, 0.6) is 5.75 Å². The van der Waals surface area contributed by atoms with Crippen LogP contribution in [0, 0.1) is 11.3 Å². The Labute approximate surface area is 134 Å². The summed E-state index contributed by atoms with van der Waals surface area (Å²) in [6.07, 6.45) is 1.57. The van der Waals surface area contributed by atoms with Crippen molar-refractivity contribution in [1.82, 2.24) is 5.32 Å². The Balaban J connectivity index is 2.63. The molecule has 7 heteroatoms. The Bertz CT molecular complexity index is 620. The number of para-hydroxylation sites is 2. The number of nitriles is 1. The van der Waals surface area contributed by atoms with Gasteiger partial charge >= 0.3 is 5.97 Å². The number of amides is 1. The van der Waals surface area contributed by atoms with E-state index in [9.17, 15) is 9.59 Å². The summed E-state index contributed by atoms with van der Waals surface area (Å²) in [5, 5.41) is 22.9. The van der Waals surface area contributed by atoms with E-state index in [1.54, 1.807) is 24.3 Å². The molecule has 0 radical (unpaired) electrons. The second-order valence-electron chi connectivity index (χ2n) is 4.50. The lowest BCUT2D eigenvalue weighted by atomic mass is 10.2. The summed E-state index contributed by atoms with van der Waals surface area (Å²) in [6.45, 7) is 2.55. The van der Waals surface area contributed by atoms with Gasteiger partial charge in [0, 0.05) is 19.2 Å². The van der Waals surface area contributed by atoms with Crippen molar-refractivity contribution in [3.05, 3.63) is 36.0 Å². The van der Waals surface area contributed by atoms with Gasteiger partial charge in [0.25, 0.3) is 5.91 Å². The fourth-order valence-electron chi connectivity index (χ4n) is 1.70. The lowest BCUT2D eigenvalue weighted by molar-refractivity contribution is -0.137. The Morgan fingerprint density at radius 2 is 2.13 bits per heavy atom. The van der Waals surface area contributed by atoms with Gasteiger partial charge in [-0.05, 0) is 25.5 Å². The molecule has 1 aromatic rings. The number of carboxylic acids is 1. The molecule has 1 aromatic carbocycles. The normalized spacial score (nSPS) is 10.5. The van der Waals surface area contributed by atoms with E-state index < -0.39 is 11.9 Å². The molecule has 7 nitrogen and oxygen atoms in total. The van der Waals surface area contributed by atoms with Gasteiger partial charge in [-0.15, -0.1) is 0 Å². The van der Waals surface area contributed by atoms with E-state index in [4.69, 9.17) is 15.1 Å². The molecule has 0 fully saturated rings. The molecule has 1 rings (SSSR count). The van der Waals surface area contributed by atoms with Gasteiger partial charge in [-0.25, -0.2) is 0 Å². The molecule has 0 aromatic heterocycles. The number of carbonyl (C=O) groups is 2. The molecule has 122 valence electrons. The molecule has 0 heterocycles. The van der Waals surface area contributed by atoms with E-state index in [2.05, 4.69) is 10.6 Å². The van der Waals surface area contributed by atoms with Crippen LogP contribution in [0.4, 0.5) is 5.69 Å². The number of nitrogens with one attached hydrogen (secondary N) is 2. The molecule has 0 atom stereocenters. The molecular formula is C16H19N3O4. The smallest absolute Gasteiger partial charge is 0.303 e. The number of hydrogen-bond donors (Lipinski definition) is 3. The molecule has 0 saturated carbocycles. The highest BCUT2D eigenvalue weighted by molar-refractivity contribution is 5.97. The minimum Gasteiger partial charge on any atom is -0.492 e. The molecule has 0 aliphatic carbocycles. The summed E-state index contributed by atoms with van der Waals surface area (Å²) >= 11 is 0. The highest BCUT2D eigenvalue weighted by atomic mass is 16.5. The van der Waals surface area contributed by atoms with E-state index in [1.807, 2.05) is 13.0 Å². The number of ether oxygens (including phenoxy) is 1. The van der Waals surface area contributed by atoms with E-state index >= 15 is 0 Å². The van der Waals surface area contributed by atoms with Crippen LogP contribution in [0.1, 0.15) is 19.8 Å². The highest BCUT2D eigenvalue weighted by Crippen LogP contribution is 2.23. The predicted molar refractivity (Wildman–Crippen MR) is 84.8 cm³/mol. The van der Waals surface area contributed by atoms with Gasteiger partial charge < -0.3 is 20.5 Å². The Morgan fingerprint density at radius 3 is 2.78 bits per heavy atom. The van der Waals surface area contributed by atoms with Crippen molar-refractivity contribution in [2.24, 2.45) is 0 Å². The number of carbonyl (C=O) groups excluding carboxylic acids is 1. The maximum Gasteiger partial charge on any atom is 0.303 e. The van der Waals surface area contributed by atoms with Crippen LogP contribution in [0.15, 0.2) is 36.0 Å². The van der Waals surface area contributed by atoms with Crippen molar-refractivity contribution in [3.8, 4) is 11.8 Å². The monoisotopic (exact) mass is 317 g/mol. The fraction of sp³-hybridized carbons (Fsp3) is 0.312. The van der Waals surface area contributed by atoms with E-state index in [0.717, 1.165) is 0 Å². The standard InChI is InChI=1S/C16H19N3O4/c1-2-23-14-7-4-3-6-13(14)19-11-12(10-17)16(22)18-9-5-8-15(20)21/h3-4,6-7,11,19H,2,5,8-9H2,1H3,(H,18,22)(H,20,21)/b12-11-. The molecular weight excluding hydrogens is 298 g/mol. The van der Waals surface area contributed by atoms with Crippen molar-refractivity contribution in [2.45, 2.75) is 19.8 Å². The van der Waals surface area contributed by atoms with Crippen molar-refractivity contribution in [2.75, 3.05) is 18.5 Å². The zero-order chi connectivity index (χ0) is 17.1. The number of benzene rings is 1. The molecule has 0 bridgehead atoms. The van der Waals surface area contributed by atoms with Crippen LogP contribution in [-0.4, -0.2) is 30.1 Å². The van der Waals surface area contributed by atoms with Crippen LogP contribution in [0.2, 0.25) is 0 Å². The van der Waals surface area contributed by atoms with Gasteiger partial charge in [-0.2, -0.15) is 5.26 Å². The van der Waals surface area contributed by atoms with Crippen LogP contribution in [0.25, 0.3) is 0 Å². The van der Waals surface area contributed by atoms with Crippen LogP contribution >= 0.6 is 0 Å². The lowest BCUT2D eigenvalue weighted by Crippen LogP contribution is -2.26. The molecule has 1 amide bonds. The maximum atomic E-state index is 11.8. The van der Waals surface area contributed by atoms with Gasteiger partial charge in [0.15, 0.2) is 0 Å². The Hall–Kier alpha value is -3.01. The van der Waals surface area contributed by atoms with Gasteiger partial charge in [-0.3, -0.25) is 9.59 Å². The first-order valence-corrected chi connectivity index (χ1v) is 7.17. The topological polar surface area (TPSA) is 111 Å². The van der Waals surface area contributed by atoms with Crippen LogP contribution in [-0.2, 0) is 9.59 Å². The number of hydrogen-bond acceptors (Lipinski definition) is 5. The summed E-state index contributed by atoms with van der Waals surface area (Å²) in [4.78, 5) is 22.2. The third-order valence-corrected chi connectivity index (χ3v) is 2.78. The van der Waals surface area contributed by atoms with Crippen molar-refractivity contribution < 1.29 is 19.4 Å². The maximum absolute atomic E-state index is 11.8. The zero-order valence-corrected chi connectivity index (χ0v) is 12.8. The molecule has 0 unspecified atom stereocenters. The van der Waals surface area contributed by atoms with Crippen molar-refractivity contribution in [3.63, 3.8) is 0 Å². The first kappa shape index (κ1) is 18.0. The summed E-state index contributed by atoms with van der Waals surface area (Å²) in [5.74, 6) is -0.866. The first-order chi connectivity index (χ1) is 11.1. The van der Waals surface area contributed by atoms with Crippen molar-refractivity contribution >= 4 is 17.6 Å². The quantitative estimate of drug-likeness (QED) is 0.364. The second kappa shape index (κ2) is 9.84. The fourth-order valence-corrected chi connectivity index (χ4v) is 1.70. The average Bonchev–Trinajstić information content (AvgIpc) is 2.53. The number of carboxylic acid groups (broad SMARTS) is 1. The first-order valence-electron chi connectivity index (χ1n) is 7.17. The summed E-state index contributed by atoms with van der Waals surface area (Å²) in [5.41, 5.74) is 0.535. The van der Waals surface area contributed by atoms with Crippen LogP contribution in [0.3, 0.4) is 0 Å². The molecule has 0 spiro atoms. The van der Waals surface area contributed by atoms with Gasteiger partial charge in [0.1, 0.15) is 17.4 Å². The molecule has 23 heavy (non-hydrogen) atoms. The van der Waals surface area contributed by atoms with E-state index in [-0.39, 0.29) is 18.5 Å². The largest absolute Gasteiger partial charge is 0.492 e. The SMILES string of the molecule is CCOc1ccccc1N/C=C(/C#N)C(=O)NCCCC(=O)O. The van der Waals surface area contributed by atoms with Gasteiger partial charge in [0.05, 0.1) is 12.3 Å². The summed E-state index contributed by atoms with van der Waals surface area (Å²) < 4.78 is 5.43. The van der Waals surface area contributed by atoms with E-state index in [0.29, 0.717) is 24.5 Å². The minimum absolute atomic E-state index is 0.0359. The summed E-state index contributed by atoms with van der Waals surface area (Å²) in [6, 6.07) is 8.97. The van der Waals surface area contributed by atoms with Gasteiger partial charge in [-0.1, -0.05) is 12.1 Å². The highest BCUT2D eigenvalue weighted by Gasteiger charge is 2.09. The van der Waals surface area contributed by atoms with Crippen molar-refractivity contribution in [1.29, 1.82) is 5.26 Å². The third kappa shape index (κ3) is 6.52. The molecule has 0 aliphatic heterocycles. The summed E-state index contributed by atoms with van der Waals surface area (Å²) in [7, 11) is 0. The van der Waals surface area contributed by atoms with Gasteiger partial charge in [0.2, 0.25) is 0 Å². The number of rotatable bonds is 9. The minimum atomic E-state index is -0.926. The molecule has 0 aliphatic rings. The Morgan fingerprint density at radius 1 is 1.39 bits per heavy atom. The lowest BCUT2D eigenvalue weighted by Gasteiger charge is -2.10. The number of anilines is 1. The molecule has 3 N–H and O–H groups in total. The predicted octanol–water partition coefficient (Wildman–Crippen LogP) is 1.89.